The quantitative estimate of drug-likeness (QED) is 0.333. The molecule has 0 amide bonds. The molecule has 0 unspecified atom stereocenters. The van der Waals surface area contributed by atoms with Crippen LogP contribution in [0.3, 0.4) is 0 Å². The largest absolute Gasteiger partial charge is 0.462 e. The van der Waals surface area contributed by atoms with E-state index in [0.717, 1.165) is 44.9 Å². The van der Waals surface area contributed by atoms with E-state index >= 15 is 0 Å². The molecular weight excluding hydrogens is 436 g/mol. The Bertz CT molecular complexity index is 922. The van der Waals surface area contributed by atoms with Crippen molar-refractivity contribution in [1.82, 2.24) is 0 Å². The predicted octanol–water partition coefficient (Wildman–Crippen LogP) is 4.32. The first-order chi connectivity index (χ1) is 15.9. The van der Waals surface area contributed by atoms with Gasteiger partial charge in [-0.2, -0.15) is 0 Å². The van der Waals surface area contributed by atoms with Gasteiger partial charge in [0.2, 0.25) is 5.78 Å². The fourth-order valence-electron chi connectivity index (χ4n) is 8.17. The van der Waals surface area contributed by atoms with Crippen molar-refractivity contribution in [3.8, 4) is 0 Å². The minimum Gasteiger partial charge on any atom is -0.462 e. The van der Waals surface area contributed by atoms with Gasteiger partial charge in [0.25, 0.3) is 0 Å². The van der Waals surface area contributed by atoms with Crippen LogP contribution in [0.25, 0.3) is 0 Å². The fraction of sp³-hybridized carbons (Fsp3) is 0.778. The Labute approximate surface area is 202 Å². The van der Waals surface area contributed by atoms with Crippen LogP contribution in [0.4, 0.5) is 0 Å². The van der Waals surface area contributed by atoms with Crippen molar-refractivity contribution in [3.05, 3.63) is 11.6 Å². The standard InChI is InChI=1S/C27H38O7/c1-16(28)32-15-24(31)27(34-18(3)30)13-10-23-21-7-6-19-14-20(33-17(2)29)8-11-25(19,4)22(21)9-12-26(23,27)5/h6,20-23H,7-15H2,1-5H3/t20-,21+,22+,23+,25-,26-,27-/m0/s1. The maximum atomic E-state index is 13.4. The summed E-state index contributed by atoms with van der Waals surface area (Å²) in [6, 6.07) is 0. The molecule has 0 radical (unpaired) electrons. The van der Waals surface area contributed by atoms with E-state index in [-0.39, 0.29) is 35.8 Å². The van der Waals surface area contributed by atoms with Gasteiger partial charge in [-0.15, -0.1) is 0 Å². The number of allylic oxidation sites excluding steroid dienone is 1. The summed E-state index contributed by atoms with van der Waals surface area (Å²) in [6.45, 7) is 8.20. The summed E-state index contributed by atoms with van der Waals surface area (Å²) < 4.78 is 16.5. The number of fused-ring (bicyclic) bond motifs is 5. The minimum absolute atomic E-state index is 0.0378. The molecule has 0 N–H and O–H groups in total. The summed E-state index contributed by atoms with van der Waals surface area (Å²) >= 11 is 0. The molecule has 7 heteroatoms. The van der Waals surface area contributed by atoms with Gasteiger partial charge in [0.1, 0.15) is 6.10 Å². The van der Waals surface area contributed by atoms with Crippen LogP contribution in [0, 0.1) is 28.6 Å². The predicted molar refractivity (Wildman–Crippen MR) is 123 cm³/mol. The molecule has 4 rings (SSSR count). The first kappa shape index (κ1) is 24.9. The lowest BCUT2D eigenvalue weighted by molar-refractivity contribution is -0.190. The number of hydrogen-bond donors (Lipinski definition) is 0. The van der Waals surface area contributed by atoms with E-state index in [1.807, 2.05) is 0 Å². The van der Waals surface area contributed by atoms with Crippen LogP contribution in [0.5, 0.6) is 0 Å². The average molecular weight is 475 g/mol. The van der Waals surface area contributed by atoms with E-state index in [2.05, 4.69) is 19.9 Å². The third-order valence-corrected chi connectivity index (χ3v) is 9.69. The van der Waals surface area contributed by atoms with Crippen LogP contribution in [-0.4, -0.2) is 42.0 Å². The second-order valence-corrected chi connectivity index (χ2v) is 11.4. The van der Waals surface area contributed by atoms with E-state index < -0.39 is 23.0 Å². The van der Waals surface area contributed by atoms with Crippen LogP contribution in [0.2, 0.25) is 0 Å². The molecule has 34 heavy (non-hydrogen) atoms. The van der Waals surface area contributed by atoms with Gasteiger partial charge in [-0.05, 0) is 68.1 Å². The van der Waals surface area contributed by atoms with Crippen LogP contribution >= 0.6 is 0 Å². The molecule has 3 saturated carbocycles. The lowest BCUT2D eigenvalue weighted by atomic mass is 9.46. The van der Waals surface area contributed by atoms with Crippen LogP contribution < -0.4 is 0 Å². The Balaban J connectivity index is 1.62. The molecule has 0 bridgehead atoms. The topological polar surface area (TPSA) is 96.0 Å². The van der Waals surface area contributed by atoms with Crippen LogP contribution in [0.1, 0.15) is 86.0 Å². The van der Waals surface area contributed by atoms with E-state index in [0.29, 0.717) is 18.3 Å². The van der Waals surface area contributed by atoms with Crippen molar-refractivity contribution in [2.24, 2.45) is 28.6 Å². The first-order valence-corrected chi connectivity index (χ1v) is 12.7. The molecule has 7 nitrogen and oxygen atoms in total. The van der Waals surface area contributed by atoms with Gasteiger partial charge in [0, 0.05) is 32.6 Å². The normalized spacial score (nSPS) is 40.7. The SMILES string of the molecule is CC(=O)OCC(=O)[C@@]1(OC(C)=O)CC[C@@H]2[C@@H]3CC=C4C[C@@H](OC(C)=O)CC[C@]4(C)[C@@H]3CC[C@@]21C. The lowest BCUT2D eigenvalue weighted by Crippen LogP contribution is -2.59. The number of carbonyl (C=O) groups is 4. The summed E-state index contributed by atoms with van der Waals surface area (Å²) in [5, 5.41) is 0. The Hall–Kier alpha value is -2.18. The Kier molecular flexibility index (Phi) is 6.45. The van der Waals surface area contributed by atoms with E-state index in [1.54, 1.807) is 0 Å². The zero-order valence-corrected chi connectivity index (χ0v) is 21.1. The number of esters is 3. The monoisotopic (exact) mass is 474 g/mol. The molecule has 3 fully saturated rings. The van der Waals surface area contributed by atoms with Crippen molar-refractivity contribution < 1.29 is 33.4 Å². The molecule has 0 aromatic carbocycles. The van der Waals surface area contributed by atoms with Gasteiger partial charge < -0.3 is 14.2 Å². The molecule has 0 saturated heterocycles. The molecular formula is C27H38O7. The van der Waals surface area contributed by atoms with Gasteiger partial charge in [0.15, 0.2) is 12.2 Å². The molecule has 0 aromatic heterocycles. The van der Waals surface area contributed by atoms with Gasteiger partial charge in [0.05, 0.1) is 0 Å². The fourth-order valence-corrected chi connectivity index (χ4v) is 8.17. The zero-order chi connectivity index (χ0) is 24.9. The summed E-state index contributed by atoms with van der Waals surface area (Å²) in [5.74, 6) is -0.382. The Morgan fingerprint density at radius 2 is 1.62 bits per heavy atom. The highest BCUT2D eigenvalue weighted by molar-refractivity contribution is 5.93. The smallest absolute Gasteiger partial charge is 0.303 e. The van der Waals surface area contributed by atoms with E-state index in [4.69, 9.17) is 14.2 Å². The molecule has 7 atom stereocenters. The number of rotatable bonds is 5. The number of hydrogen-bond acceptors (Lipinski definition) is 7. The number of ether oxygens (including phenoxy) is 3. The van der Waals surface area contributed by atoms with Gasteiger partial charge in [-0.1, -0.05) is 25.5 Å². The lowest BCUT2D eigenvalue weighted by Gasteiger charge is -2.59. The first-order valence-electron chi connectivity index (χ1n) is 12.7. The number of ketones is 1. The molecule has 4 aliphatic carbocycles. The number of carbonyl (C=O) groups excluding carboxylic acids is 4. The minimum atomic E-state index is -1.25. The van der Waals surface area contributed by atoms with Crippen LogP contribution in [0.15, 0.2) is 11.6 Å². The third-order valence-electron chi connectivity index (χ3n) is 9.69. The maximum absolute atomic E-state index is 13.4. The van der Waals surface area contributed by atoms with E-state index in [1.165, 1.54) is 26.3 Å². The number of Topliss-reactive ketones (excluding diaryl/α,β-unsaturated/α-hetero) is 1. The molecule has 0 aliphatic heterocycles. The molecule has 0 spiro atoms. The summed E-state index contributed by atoms with van der Waals surface area (Å²) in [5.41, 5.74) is -0.268. The second-order valence-electron chi connectivity index (χ2n) is 11.4. The van der Waals surface area contributed by atoms with Crippen LogP contribution in [-0.2, 0) is 33.4 Å². The van der Waals surface area contributed by atoms with Crippen molar-refractivity contribution >= 4 is 23.7 Å². The highest BCUT2D eigenvalue weighted by Crippen LogP contribution is 2.68. The second kappa shape index (κ2) is 8.80. The summed E-state index contributed by atoms with van der Waals surface area (Å²) in [6.07, 6.45) is 8.93. The summed E-state index contributed by atoms with van der Waals surface area (Å²) in [4.78, 5) is 48.5. The molecule has 0 aromatic rings. The highest BCUT2D eigenvalue weighted by atomic mass is 16.6. The van der Waals surface area contributed by atoms with Crippen molar-refractivity contribution in [2.75, 3.05) is 6.61 Å². The van der Waals surface area contributed by atoms with Crippen molar-refractivity contribution in [2.45, 2.75) is 97.7 Å². The van der Waals surface area contributed by atoms with Gasteiger partial charge in [-0.3, -0.25) is 19.2 Å². The molecule has 0 heterocycles. The van der Waals surface area contributed by atoms with Gasteiger partial charge in [-0.25, -0.2) is 0 Å². The Morgan fingerprint density at radius 1 is 0.912 bits per heavy atom. The van der Waals surface area contributed by atoms with Gasteiger partial charge >= 0.3 is 17.9 Å². The molecule has 4 aliphatic rings. The maximum Gasteiger partial charge on any atom is 0.303 e. The Morgan fingerprint density at radius 3 is 2.26 bits per heavy atom. The average Bonchev–Trinajstić information content (AvgIpc) is 3.04. The van der Waals surface area contributed by atoms with Crippen molar-refractivity contribution in [1.29, 1.82) is 0 Å². The van der Waals surface area contributed by atoms with E-state index in [9.17, 15) is 19.2 Å². The third kappa shape index (κ3) is 3.89. The molecule has 188 valence electrons. The van der Waals surface area contributed by atoms with Crippen molar-refractivity contribution in [3.63, 3.8) is 0 Å². The zero-order valence-electron chi connectivity index (χ0n) is 21.1. The summed E-state index contributed by atoms with van der Waals surface area (Å²) in [7, 11) is 0. The highest BCUT2D eigenvalue weighted by Gasteiger charge is 2.68.